The Hall–Kier alpha value is -3.39. The molecule has 1 N–H and O–H groups in total. The number of pyridine rings is 1. The maximum Gasteiger partial charge on any atom is 0.351 e. The first kappa shape index (κ1) is 19.9. The number of fused-ring (bicyclic) bond motifs is 1. The number of aryl methyl sites for hydroxylation is 2. The second-order valence-electron chi connectivity index (χ2n) is 6.98. The van der Waals surface area contributed by atoms with Gasteiger partial charge in [-0.3, -0.25) is 4.79 Å². The number of hydrogen-bond donors (Lipinski definition) is 1. The van der Waals surface area contributed by atoms with Crippen molar-refractivity contribution in [3.8, 4) is 5.69 Å². The molecule has 1 unspecified atom stereocenters. The number of thiophene rings is 1. The summed E-state index contributed by atoms with van der Waals surface area (Å²) in [5.41, 5.74) is 2.63. The zero-order valence-corrected chi connectivity index (χ0v) is 17.7. The average Bonchev–Trinajstić information content (AvgIpc) is 3.45. The summed E-state index contributed by atoms with van der Waals surface area (Å²) in [4.78, 5) is 31.1. The van der Waals surface area contributed by atoms with Crippen molar-refractivity contribution >= 4 is 33.4 Å². The van der Waals surface area contributed by atoms with Crippen molar-refractivity contribution in [1.29, 1.82) is 0 Å². The summed E-state index contributed by atoms with van der Waals surface area (Å²) in [6.07, 6.45) is 4.33. The van der Waals surface area contributed by atoms with E-state index in [9.17, 15) is 9.59 Å². The summed E-state index contributed by atoms with van der Waals surface area (Å²) in [6, 6.07) is 9.27. The summed E-state index contributed by atoms with van der Waals surface area (Å²) in [5, 5.41) is 3.61. The fourth-order valence-corrected chi connectivity index (χ4v) is 4.47. The van der Waals surface area contributed by atoms with Crippen LogP contribution < -0.4 is 5.32 Å². The van der Waals surface area contributed by atoms with Crippen molar-refractivity contribution in [3.05, 3.63) is 70.9 Å². The monoisotopic (exact) mass is 423 g/mol. The molecule has 4 heterocycles. The smallest absolute Gasteiger partial charge is 0.351 e. The number of aromatic nitrogens is 2. The molecule has 154 valence electrons. The molecule has 0 aliphatic rings. The van der Waals surface area contributed by atoms with E-state index >= 15 is 0 Å². The zero-order chi connectivity index (χ0) is 21.3. The topological polar surface area (TPSA) is 86.4 Å². The number of rotatable bonds is 6. The van der Waals surface area contributed by atoms with Gasteiger partial charge in [0.05, 0.1) is 18.5 Å². The van der Waals surface area contributed by atoms with E-state index in [-0.39, 0.29) is 6.54 Å². The highest BCUT2D eigenvalue weighted by Crippen LogP contribution is 2.36. The molecule has 0 fully saturated rings. The predicted octanol–water partition coefficient (Wildman–Crippen LogP) is 4.16. The van der Waals surface area contributed by atoms with E-state index in [0.717, 1.165) is 27.2 Å². The van der Waals surface area contributed by atoms with Crippen molar-refractivity contribution in [1.82, 2.24) is 14.9 Å². The lowest BCUT2D eigenvalue weighted by atomic mass is 10.1. The average molecular weight is 423 g/mol. The Kier molecular flexibility index (Phi) is 5.41. The van der Waals surface area contributed by atoms with Crippen molar-refractivity contribution in [2.45, 2.75) is 33.4 Å². The zero-order valence-electron chi connectivity index (χ0n) is 16.8. The Balaban J connectivity index is 1.60. The van der Waals surface area contributed by atoms with Gasteiger partial charge in [-0.1, -0.05) is 0 Å². The van der Waals surface area contributed by atoms with Gasteiger partial charge in [-0.25, -0.2) is 9.78 Å². The van der Waals surface area contributed by atoms with Gasteiger partial charge >= 0.3 is 5.97 Å². The Morgan fingerprint density at radius 1 is 1.27 bits per heavy atom. The Labute approximate surface area is 177 Å². The van der Waals surface area contributed by atoms with Gasteiger partial charge in [0.2, 0.25) is 0 Å². The number of hydrogen-bond acceptors (Lipinski definition) is 6. The molecule has 4 aromatic rings. The number of nitrogens with zero attached hydrogens (tertiary/aromatic N) is 2. The number of ether oxygens (including phenoxy) is 1. The van der Waals surface area contributed by atoms with Gasteiger partial charge in [-0.15, -0.1) is 11.3 Å². The molecule has 0 aliphatic carbocycles. The Bertz CT molecular complexity index is 1190. The van der Waals surface area contributed by atoms with Gasteiger partial charge in [0.25, 0.3) is 5.91 Å². The largest absolute Gasteiger partial charge is 0.467 e. The Morgan fingerprint density at radius 3 is 2.73 bits per heavy atom. The molecule has 0 spiro atoms. The second kappa shape index (κ2) is 8.16. The number of amides is 1. The summed E-state index contributed by atoms with van der Waals surface area (Å²) < 4.78 is 12.6. The lowest BCUT2D eigenvalue weighted by molar-refractivity contribution is -0.129. The standard InChI is InChI=1S/C22H21N3O4S/c1-13-11-14(2)24-21-17(13)18(25-8-4-5-9-25)19(30-21)22(27)29-15(3)20(26)23-12-16-7-6-10-28-16/h4-11,15H,12H2,1-3H3,(H,23,26). The summed E-state index contributed by atoms with van der Waals surface area (Å²) in [6.45, 7) is 5.70. The highest BCUT2D eigenvalue weighted by atomic mass is 32.1. The molecule has 30 heavy (non-hydrogen) atoms. The van der Waals surface area contributed by atoms with Gasteiger partial charge < -0.3 is 19.0 Å². The molecular formula is C22H21N3O4S. The minimum Gasteiger partial charge on any atom is -0.467 e. The van der Waals surface area contributed by atoms with Crippen LogP contribution in [-0.4, -0.2) is 27.5 Å². The lowest BCUT2D eigenvalue weighted by Crippen LogP contribution is -2.35. The van der Waals surface area contributed by atoms with E-state index in [2.05, 4.69) is 10.3 Å². The fraction of sp³-hybridized carbons (Fsp3) is 0.227. The van der Waals surface area contributed by atoms with Gasteiger partial charge in [0.15, 0.2) is 6.10 Å². The number of carbonyl (C=O) groups excluding carboxylic acids is 2. The number of esters is 1. The van der Waals surface area contributed by atoms with Crippen LogP contribution in [0.3, 0.4) is 0 Å². The highest BCUT2D eigenvalue weighted by molar-refractivity contribution is 7.21. The van der Waals surface area contributed by atoms with Gasteiger partial charge in [0, 0.05) is 23.5 Å². The minimum atomic E-state index is -0.953. The van der Waals surface area contributed by atoms with Crippen LogP contribution in [0.2, 0.25) is 0 Å². The molecule has 0 aromatic carbocycles. The molecule has 0 saturated carbocycles. The number of furan rings is 1. The van der Waals surface area contributed by atoms with Crippen LogP contribution in [0.5, 0.6) is 0 Å². The molecule has 0 aliphatic heterocycles. The minimum absolute atomic E-state index is 0.230. The van der Waals surface area contributed by atoms with Crippen molar-refractivity contribution in [3.63, 3.8) is 0 Å². The first-order valence-electron chi connectivity index (χ1n) is 9.49. The molecule has 1 amide bonds. The van der Waals surface area contributed by atoms with Gasteiger partial charge in [0.1, 0.15) is 15.5 Å². The van der Waals surface area contributed by atoms with E-state index in [4.69, 9.17) is 9.15 Å². The Morgan fingerprint density at radius 2 is 2.03 bits per heavy atom. The van der Waals surface area contributed by atoms with Crippen LogP contribution in [0.15, 0.2) is 53.4 Å². The van der Waals surface area contributed by atoms with Crippen LogP contribution in [-0.2, 0) is 16.1 Å². The number of nitrogens with one attached hydrogen (secondary N) is 1. The molecule has 1 atom stereocenters. The molecule has 8 heteroatoms. The molecule has 4 aromatic heterocycles. The molecule has 0 bridgehead atoms. The maximum atomic E-state index is 13.0. The van der Waals surface area contributed by atoms with E-state index in [1.165, 1.54) is 17.6 Å². The highest BCUT2D eigenvalue weighted by Gasteiger charge is 2.26. The van der Waals surface area contributed by atoms with Crippen LogP contribution in [0.1, 0.15) is 33.6 Å². The van der Waals surface area contributed by atoms with Crippen molar-refractivity contribution in [2.24, 2.45) is 0 Å². The quantitative estimate of drug-likeness (QED) is 0.471. The van der Waals surface area contributed by atoms with Gasteiger partial charge in [-0.2, -0.15) is 0 Å². The van der Waals surface area contributed by atoms with Crippen molar-refractivity contribution in [2.75, 3.05) is 0 Å². The van der Waals surface area contributed by atoms with E-state index < -0.39 is 18.0 Å². The van der Waals surface area contributed by atoms with Crippen LogP contribution in [0.25, 0.3) is 15.9 Å². The fourth-order valence-electron chi connectivity index (χ4n) is 3.29. The molecule has 0 saturated heterocycles. The summed E-state index contributed by atoms with van der Waals surface area (Å²) in [5.74, 6) is -0.328. The predicted molar refractivity (Wildman–Crippen MR) is 114 cm³/mol. The third kappa shape index (κ3) is 3.86. The second-order valence-corrected chi connectivity index (χ2v) is 7.97. The first-order valence-corrected chi connectivity index (χ1v) is 10.3. The summed E-state index contributed by atoms with van der Waals surface area (Å²) >= 11 is 1.27. The lowest BCUT2D eigenvalue weighted by Gasteiger charge is -2.13. The normalized spacial score (nSPS) is 12.1. The summed E-state index contributed by atoms with van der Waals surface area (Å²) in [7, 11) is 0. The van der Waals surface area contributed by atoms with Crippen LogP contribution in [0.4, 0.5) is 0 Å². The van der Waals surface area contributed by atoms with Crippen molar-refractivity contribution < 1.29 is 18.7 Å². The first-order chi connectivity index (χ1) is 14.4. The molecule has 7 nitrogen and oxygen atoms in total. The molecule has 0 radical (unpaired) electrons. The van der Waals surface area contributed by atoms with Gasteiger partial charge in [-0.05, 0) is 56.7 Å². The maximum absolute atomic E-state index is 13.0. The van der Waals surface area contributed by atoms with E-state index in [1.54, 1.807) is 19.1 Å². The van der Waals surface area contributed by atoms with Crippen LogP contribution in [0, 0.1) is 13.8 Å². The molecular weight excluding hydrogens is 402 g/mol. The van der Waals surface area contributed by atoms with E-state index in [1.807, 2.05) is 49.0 Å². The third-order valence-electron chi connectivity index (χ3n) is 4.68. The third-order valence-corrected chi connectivity index (χ3v) is 5.73. The van der Waals surface area contributed by atoms with E-state index in [0.29, 0.717) is 10.6 Å². The number of carbonyl (C=O) groups is 2. The van der Waals surface area contributed by atoms with Crippen LogP contribution >= 0.6 is 11.3 Å². The SMILES string of the molecule is Cc1cc(C)c2c(-n3cccc3)c(C(=O)OC(C)C(=O)NCc3ccco3)sc2n1. The molecule has 4 rings (SSSR count).